The molecule has 0 heterocycles. The lowest BCUT2D eigenvalue weighted by molar-refractivity contribution is -0.139. The monoisotopic (exact) mass is 532 g/mol. The maximum atomic E-state index is 10.7. The molecular weight excluding hydrogens is 502 g/mol. The zero-order valence-electron chi connectivity index (χ0n) is 14.6. The fourth-order valence-corrected chi connectivity index (χ4v) is 3.17. The first-order valence-corrected chi connectivity index (χ1v) is 14.2. The van der Waals surface area contributed by atoms with Gasteiger partial charge in [-0.05, 0) is 63.9 Å². The number of hydrogen-bond donors (Lipinski definition) is 0. The molecule has 0 N–H and O–H groups in total. The van der Waals surface area contributed by atoms with Crippen LogP contribution in [0, 0.1) is 5.41 Å². The summed E-state index contributed by atoms with van der Waals surface area (Å²) < 4.78 is 4.93. The average Bonchev–Trinajstić information content (AvgIpc) is 2.43. The van der Waals surface area contributed by atoms with E-state index in [0.717, 1.165) is 6.42 Å². The third kappa shape index (κ3) is 8.89. The molecule has 2 nitrogen and oxygen atoms in total. The van der Waals surface area contributed by atoms with Crippen molar-refractivity contribution in [1.29, 1.82) is 0 Å². The van der Waals surface area contributed by atoms with E-state index in [1.54, 1.807) is 11.1 Å². The summed E-state index contributed by atoms with van der Waals surface area (Å²) in [6.07, 6.45) is 9.45. The molecule has 0 aromatic carbocycles. The van der Waals surface area contributed by atoms with Gasteiger partial charge in [0.1, 0.15) is 6.61 Å². The Morgan fingerprint density at radius 2 is 1.95 bits per heavy atom. The van der Waals surface area contributed by atoms with E-state index in [9.17, 15) is 4.79 Å². The van der Waals surface area contributed by atoms with E-state index in [0.29, 0.717) is 12.0 Å². The first-order chi connectivity index (χ1) is 10.3. The second-order valence-corrected chi connectivity index (χ2v) is 6.70. The number of ether oxygens (including phenoxy) is 1. The zero-order chi connectivity index (χ0) is 17.2. The number of halogens is 2. The van der Waals surface area contributed by atoms with E-state index < -0.39 is 0 Å². The van der Waals surface area contributed by atoms with Gasteiger partial charge >= 0.3 is 5.97 Å². The molecule has 1 aliphatic rings. The highest BCUT2D eigenvalue weighted by Crippen LogP contribution is 2.42. The van der Waals surface area contributed by atoms with Gasteiger partial charge in [-0.3, -0.25) is 4.79 Å². The summed E-state index contributed by atoms with van der Waals surface area (Å²) in [7, 11) is 0. The van der Waals surface area contributed by atoms with Crippen LogP contribution in [0.4, 0.5) is 0 Å². The van der Waals surface area contributed by atoms with Crippen molar-refractivity contribution in [2.45, 2.75) is 73.1 Å². The predicted octanol–water partition coefficient (Wildman–Crippen LogP) is 6.96. The molecule has 0 saturated carbocycles. The molecule has 0 unspecified atom stereocenters. The van der Waals surface area contributed by atoms with E-state index >= 15 is 0 Å². The van der Waals surface area contributed by atoms with E-state index in [1.807, 2.05) is 6.08 Å². The molecule has 0 radical (unpaired) electrons. The highest BCUT2D eigenvalue weighted by atomic mass is 128. The Morgan fingerprint density at radius 1 is 1.32 bits per heavy atom. The second-order valence-electron chi connectivity index (χ2n) is 6.70. The van der Waals surface area contributed by atoms with Gasteiger partial charge in [-0.1, -0.05) is 30.6 Å². The Labute approximate surface area is 159 Å². The number of hydrogen-bond acceptors (Lipinski definition) is 2. The molecule has 0 spiro atoms. The summed E-state index contributed by atoms with van der Waals surface area (Å²) in [5.41, 5.74) is 5.00. The molecule has 0 amide bonds. The van der Waals surface area contributed by atoms with Crippen molar-refractivity contribution >= 4 is 43.2 Å². The van der Waals surface area contributed by atoms with Gasteiger partial charge in [0.15, 0.2) is 0 Å². The smallest absolute Gasteiger partial charge is 0.302 e. The number of rotatable bonds is 6. The standard InChI is InChI=1S/C18H30O2.I2/c1-14(11-13-20-16(3)19)8-6-10-17-15(2)9-7-12-18(17,4)5;1-2/h11H,6-10,12-13H2,1-5H3;. The van der Waals surface area contributed by atoms with Crippen molar-refractivity contribution in [2.75, 3.05) is 6.61 Å². The Morgan fingerprint density at radius 3 is 2.50 bits per heavy atom. The van der Waals surface area contributed by atoms with Crippen LogP contribution in [-0.4, -0.2) is 12.6 Å². The Bertz CT molecular complexity index is 409. The maximum absolute atomic E-state index is 10.7. The van der Waals surface area contributed by atoms with Gasteiger partial charge in [0.2, 0.25) is 0 Å². The van der Waals surface area contributed by atoms with Gasteiger partial charge in [0.25, 0.3) is 0 Å². The van der Waals surface area contributed by atoms with Gasteiger partial charge in [0, 0.05) is 44.2 Å². The molecule has 0 aromatic heterocycles. The number of esters is 1. The van der Waals surface area contributed by atoms with Crippen molar-refractivity contribution in [3.05, 3.63) is 22.8 Å². The third-order valence-electron chi connectivity index (χ3n) is 4.40. The molecule has 0 saturated heterocycles. The lowest BCUT2D eigenvalue weighted by Gasteiger charge is -2.34. The minimum Gasteiger partial charge on any atom is -0.462 e. The predicted molar refractivity (Wildman–Crippen MR) is 113 cm³/mol. The molecule has 0 atom stereocenters. The molecule has 0 aromatic rings. The lowest BCUT2D eigenvalue weighted by atomic mass is 9.71. The summed E-state index contributed by atoms with van der Waals surface area (Å²) in [5.74, 6) is -0.209. The molecule has 22 heavy (non-hydrogen) atoms. The maximum Gasteiger partial charge on any atom is 0.302 e. The van der Waals surface area contributed by atoms with Crippen LogP contribution in [0.25, 0.3) is 0 Å². The van der Waals surface area contributed by atoms with Crippen LogP contribution in [-0.2, 0) is 9.53 Å². The summed E-state index contributed by atoms with van der Waals surface area (Å²) in [6.45, 7) is 11.1. The SMILES string of the molecule is CC(=O)OCC=C(C)CCCC1=C(C)CCCC1(C)C.II. The van der Waals surface area contributed by atoms with Gasteiger partial charge in [-0.2, -0.15) is 0 Å². The molecule has 1 rings (SSSR count). The zero-order valence-corrected chi connectivity index (χ0v) is 18.9. The topological polar surface area (TPSA) is 26.3 Å². The molecule has 1 aliphatic carbocycles. The first kappa shape index (κ1) is 22.4. The van der Waals surface area contributed by atoms with E-state index in [2.05, 4.69) is 64.9 Å². The van der Waals surface area contributed by atoms with Crippen LogP contribution in [0.1, 0.15) is 73.1 Å². The third-order valence-corrected chi connectivity index (χ3v) is 4.40. The van der Waals surface area contributed by atoms with Gasteiger partial charge in [-0.15, -0.1) is 0 Å². The fourth-order valence-electron chi connectivity index (χ4n) is 3.17. The summed E-state index contributed by atoms with van der Waals surface area (Å²) >= 11 is 4.24. The van der Waals surface area contributed by atoms with Gasteiger partial charge in [0.05, 0.1) is 0 Å². The van der Waals surface area contributed by atoms with Crippen LogP contribution < -0.4 is 0 Å². The van der Waals surface area contributed by atoms with Crippen LogP contribution in [0.3, 0.4) is 0 Å². The van der Waals surface area contributed by atoms with Gasteiger partial charge in [-0.25, -0.2) is 0 Å². The normalized spacial score (nSPS) is 17.7. The highest BCUT2D eigenvalue weighted by Gasteiger charge is 2.27. The van der Waals surface area contributed by atoms with Crippen LogP contribution in [0.15, 0.2) is 22.8 Å². The van der Waals surface area contributed by atoms with Crippen LogP contribution in [0.5, 0.6) is 0 Å². The Kier molecular flexibility index (Phi) is 12.1. The quantitative estimate of drug-likeness (QED) is 0.210. The van der Waals surface area contributed by atoms with E-state index in [4.69, 9.17) is 4.74 Å². The van der Waals surface area contributed by atoms with Crippen LogP contribution >= 0.6 is 37.2 Å². The minimum atomic E-state index is -0.209. The van der Waals surface area contributed by atoms with Crippen molar-refractivity contribution in [1.82, 2.24) is 0 Å². The largest absolute Gasteiger partial charge is 0.462 e. The van der Waals surface area contributed by atoms with Crippen LogP contribution in [0.2, 0.25) is 0 Å². The number of carbonyl (C=O) groups excluding carboxylic acids is 1. The van der Waals surface area contributed by atoms with Gasteiger partial charge < -0.3 is 4.74 Å². The summed E-state index contributed by atoms with van der Waals surface area (Å²) in [6, 6.07) is 0. The fraction of sp³-hybridized carbons (Fsp3) is 0.722. The first-order valence-electron chi connectivity index (χ1n) is 7.95. The lowest BCUT2D eigenvalue weighted by Crippen LogP contribution is -2.20. The molecule has 4 heteroatoms. The van der Waals surface area contributed by atoms with E-state index in [-0.39, 0.29) is 5.97 Å². The van der Waals surface area contributed by atoms with E-state index in [1.165, 1.54) is 44.6 Å². The highest BCUT2D eigenvalue weighted by molar-refractivity contribution is 15.0. The minimum absolute atomic E-state index is 0.209. The molecular formula is C18H30I2O2. The van der Waals surface area contributed by atoms with Crippen molar-refractivity contribution in [3.63, 3.8) is 0 Å². The average molecular weight is 532 g/mol. The molecule has 0 fully saturated rings. The van der Waals surface area contributed by atoms with Crippen molar-refractivity contribution in [2.24, 2.45) is 5.41 Å². The Hall–Kier alpha value is 0.410. The number of allylic oxidation sites excluding steroid dienone is 3. The Balaban J connectivity index is 0.00000211. The molecule has 0 aliphatic heterocycles. The molecule has 0 bridgehead atoms. The second kappa shape index (κ2) is 11.9. The summed E-state index contributed by atoms with van der Waals surface area (Å²) in [4.78, 5) is 10.7. The van der Waals surface area contributed by atoms with Crippen molar-refractivity contribution < 1.29 is 9.53 Å². The number of carbonyl (C=O) groups is 1. The molecule has 128 valence electrons. The van der Waals surface area contributed by atoms with Crippen molar-refractivity contribution in [3.8, 4) is 0 Å². The summed E-state index contributed by atoms with van der Waals surface area (Å²) in [5, 5.41) is 0.